The highest BCUT2D eigenvalue weighted by Gasteiger charge is 2.34. The van der Waals surface area contributed by atoms with Crippen molar-refractivity contribution >= 4 is 99.1 Å². The van der Waals surface area contributed by atoms with E-state index in [0.717, 1.165) is 34.1 Å². The van der Waals surface area contributed by atoms with E-state index in [2.05, 4.69) is 26.4 Å². The van der Waals surface area contributed by atoms with Gasteiger partial charge in [0.05, 0.1) is 16.3 Å². The lowest BCUT2D eigenvalue weighted by Crippen LogP contribution is -2.27. The lowest BCUT2D eigenvalue weighted by Gasteiger charge is -2.17. The number of ketones is 2. The van der Waals surface area contributed by atoms with Crippen molar-refractivity contribution in [3.8, 4) is 0 Å². The predicted molar refractivity (Wildman–Crippen MR) is 224 cm³/mol. The van der Waals surface area contributed by atoms with E-state index in [-0.39, 0.29) is 28.0 Å². The van der Waals surface area contributed by atoms with Gasteiger partial charge in [-0.15, -0.1) is 0 Å². The Bertz CT molecular complexity index is 3090. The van der Waals surface area contributed by atoms with Crippen LogP contribution in [0.25, 0.3) is 11.0 Å². The molecule has 2 aliphatic carbocycles. The van der Waals surface area contributed by atoms with Gasteiger partial charge in [0.2, 0.25) is 11.6 Å². The van der Waals surface area contributed by atoms with Crippen LogP contribution in [0.15, 0.2) is 151 Å². The Hall–Kier alpha value is -6.59. The van der Waals surface area contributed by atoms with Crippen LogP contribution in [0, 0.1) is 0 Å². The summed E-state index contributed by atoms with van der Waals surface area (Å²) < 4.78 is 99.7. The zero-order chi connectivity index (χ0) is 43.0. The molecule has 0 atom stereocenters. The van der Waals surface area contributed by atoms with Gasteiger partial charge in [-0.25, -0.2) is 0 Å². The Morgan fingerprint density at radius 1 is 0.550 bits per heavy atom. The molecule has 0 bridgehead atoms. The fourth-order valence-electron chi connectivity index (χ4n) is 5.87. The lowest BCUT2D eigenvalue weighted by atomic mass is 9.94. The molecule has 0 aliphatic heterocycles. The molecule has 304 valence electrons. The largest absolute Gasteiger partial charge is 0.322 e. The van der Waals surface area contributed by atoms with Gasteiger partial charge >= 0.3 is 0 Å². The third-order valence-corrected chi connectivity index (χ3v) is 12.4. The molecule has 60 heavy (non-hydrogen) atoms. The minimum absolute atomic E-state index is 0.0536. The number of nitrogens with one attached hydrogen (secondary N) is 3. The first kappa shape index (κ1) is 41.6. The molecular weight excluding hydrogens is 859 g/mol. The normalized spacial score (nSPS) is 15.4. The van der Waals surface area contributed by atoms with E-state index in [4.69, 9.17) is 0 Å². The molecule has 21 heteroatoms. The number of carbonyl (C=O) groups is 3. The number of benzene rings is 5. The third kappa shape index (κ3) is 9.16. The zero-order valence-electron chi connectivity index (χ0n) is 30.2. The van der Waals surface area contributed by atoms with E-state index in [1.54, 1.807) is 60.7 Å². The van der Waals surface area contributed by atoms with Crippen molar-refractivity contribution in [1.29, 1.82) is 0 Å². The number of amides is 1. The van der Waals surface area contributed by atoms with Crippen LogP contribution in [0.2, 0.25) is 0 Å². The second-order valence-corrected chi connectivity index (χ2v) is 18.1. The number of rotatable bonds is 11. The number of fused-ring (bicyclic) bond motifs is 2. The van der Waals surface area contributed by atoms with Gasteiger partial charge in [0.15, 0.2) is 0 Å². The van der Waals surface area contributed by atoms with E-state index in [0.29, 0.717) is 22.6 Å². The van der Waals surface area contributed by atoms with Crippen LogP contribution >= 0.6 is 11.8 Å². The average Bonchev–Trinajstić information content (AvgIpc) is 3.20. The molecule has 6 N–H and O–H groups in total. The highest BCUT2D eigenvalue weighted by Crippen LogP contribution is 2.32. The van der Waals surface area contributed by atoms with Crippen molar-refractivity contribution in [2.45, 2.75) is 14.7 Å². The summed E-state index contributed by atoms with van der Waals surface area (Å²) in [5.41, 5.74) is 6.36. The first-order valence-electron chi connectivity index (χ1n) is 17.0. The van der Waals surface area contributed by atoms with Gasteiger partial charge in [-0.05, 0) is 103 Å². The van der Waals surface area contributed by atoms with E-state index >= 15 is 0 Å². The van der Waals surface area contributed by atoms with E-state index in [9.17, 15) is 53.3 Å². The second-order valence-electron chi connectivity index (χ2n) is 12.8. The summed E-state index contributed by atoms with van der Waals surface area (Å²) in [7, 11) is -14.3. The van der Waals surface area contributed by atoms with Crippen LogP contribution in [-0.4, -0.2) is 67.8 Å². The molecule has 7 rings (SSSR count). The highest BCUT2D eigenvalue weighted by molar-refractivity contribution is 7.99. The Balaban J connectivity index is 0.961. The molecule has 1 amide bonds. The number of hydrogen-bond donors (Lipinski definition) is 6. The number of hydrazone groups is 2. The van der Waals surface area contributed by atoms with E-state index in [1.807, 2.05) is 0 Å². The molecular formula is C39H27N5O12S4. The van der Waals surface area contributed by atoms with E-state index < -0.39 is 68.2 Å². The van der Waals surface area contributed by atoms with E-state index in [1.165, 1.54) is 54.2 Å². The van der Waals surface area contributed by atoms with Gasteiger partial charge in [-0.1, -0.05) is 42.1 Å². The van der Waals surface area contributed by atoms with Gasteiger partial charge in [-0.3, -0.25) is 38.9 Å². The summed E-state index contributed by atoms with van der Waals surface area (Å²) in [6.07, 6.45) is 1.78. The highest BCUT2D eigenvalue weighted by atomic mass is 32.2. The van der Waals surface area contributed by atoms with Gasteiger partial charge in [0, 0.05) is 37.7 Å². The fourth-order valence-corrected chi connectivity index (χ4v) is 8.52. The molecule has 2 aliphatic rings. The summed E-state index contributed by atoms with van der Waals surface area (Å²) >= 11 is 1.39. The number of Topliss-reactive ketones (excluding diaryl/α,β-unsaturated/α-hetero) is 2. The Morgan fingerprint density at radius 3 is 1.68 bits per heavy atom. The number of carbonyl (C=O) groups excluding carboxylic acids is 3. The first-order chi connectivity index (χ1) is 28.3. The van der Waals surface area contributed by atoms with Crippen LogP contribution in [0.3, 0.4) is 0 Å². The molecule has 0 fully saturated rings. The molecule has 0 aromatic heterocycles. The number of hydrogen-bond acceptors (Lipinski definition) is 14. The lowest BCUT2D eigenvalue weighted by molar-refractivity contribution is -0.109. The van der Waals surface area contributed by atoms with Gasteiger partial charge in [0.25, 0.3) is 36.3 Å². The van der Waals surface area contributed by atoms with Gasteiger partial charge in [0.1, 0.15) is 21.2 Å². The van der Waals surface area contributed by atoms with Crippen molar-refractivity contribution in [3.05, 3.63) is 154 Å². The standard InChI is InChI=1S/C39H27N5O12S4/c45-37-32-4-2-1-3-31(32)34(59(51,52)53)21-33(37)43-41-25-7-5-22(6-8-25)39(47)40-24-9-13-27(14-10-24)57-28-15-11-26(12-16-28)42-44-36-30-18-17-29(58(48,49)50)19-23(30)20-35(38(36)46)60(54,55)56/h1-21,41-42H,(H,40,47)(H,48,49,50)(H,51,52,53)(H,54,55,56)/b43-33-,44-36-. The minimum atomic E-state index is -5.02. The van der Waals surface area contributed by atoms with Crippen LogP contribution in [0.1, 0.15) is 37.4 Å². The van der Waals surface area contributed by atoms with Crippen molar-refractivity contribution in [3.63, 3.8) is 0 Å². The molecule has 0 saturated carbocycles. The topological polar surface area (TPSA) is 275 Å². The molecule has 0 unspecified atom stereocenters. The smallest absolute Gasteiger partial charge is 0.298 e. The second kappa shape index (κ2) is 16.2. The Kier molecular flexibility index (Phi) is 11.2. The van der Waals surface area contributed by atoms with Gasteiger partial charge in [-0.2, -0.15) is 35.5 Å². The zero-order valence-corrected chi connectivity index (χ0v) is 33.4. The summed E-state index contributed by atoms with van der Waals surface area (Å²) in [5.74, 6) is -2.09. The third-order valence-electron chi connectivity index (χ3n) is 8.75. The number of nitrogens with zero attached hydrogens (tertiary/aromatic N) is 2. The number of allylic oxidation sites excluding steroid dienone is 2. The van der Waals surface area contributed by atoms with Crippen molar-refractivity contribution < 1.29 is 53.3 Å². The summed E-state index contributed by atoms with van der Waals surface area (Å²) in [5, 5.41) is 10.9. The maximum Gasteiger partial charge on any atom is 0.298 e. The average molecular weight is 886 g/mol. The van der Waals surface area contributed by atoms with Crippen molar-refractivity contribution in [2.75, 3.05) is 16.2 Å². The van der Waals surface area contributed by atoms with Gasteiger partial charge < -0.3 is 5.32 Å². The van der Waals surface area contributed by atoms with Crippen LogP contribution in [0.5, 0.6) is 0 Å². The molecule has 0 radical (unpaired) electrons. The monoisotopic (exact) mass is 885 g/mol. The molecule has 5 aromatic rings. The maximum atomic E-state index is 13.0. The molecule has 0 spiro atoms. The van der Waals surface area contributed by atoms with Crippen molar-refractivity contribution in [1.82, 2.24) is 0 Å². The summed E-state index contributed by atoms with van der Waals surface area (Å²) in [6.45, 7) is 0. The summed E-state index contributed by atoms with van der Waals surface area (Å²) in [6, 6.07) is 28.9. The maximum absolute atomic E-state index is 13.0. The predicted octanol–water partition coefficient (Wildman–Crippen LogP) is 5.86. The molecule has 0 saturated heterocycles. The summed E-state index contributed by atoms with van der Waals surface area (Å²) in [4.78, 5) is 38.4. The SMILES string of the molecule is O=C1C(S(=O)(=O)O)=Cc2cc(S(=O)(=O)O)ccc2/C1=N/Nc1ccc(Sc2ccc(NC(=O)c3ccc(N/N=C4/C=C(S(=O)(=O)O)c5ccccc5C4=O)cc3)cc2)cc1. The minimum Gasteiger partial charge on any atom is -0.322 e. The Labute approximate surface area is 345 Å². The number of anilines is 3. The first-order valence-corrected chi connectivity index (χ1v) is 22.1. The molecule has 17 nitrogen and oxygen atoms in total. The molecule has 0 heterocycles. The van der Waals surface area contributed by atoms with Crippen LogP contribution < -0.4 is 16.2 Å². The molecule has 5 aromatic carbocycles. The Morgan fingerprint density at radius 2 is 1.10 bits per heavy atom. The fraction of sp³-hybridized carbons (Fsp3) is 0. The van der Waals surface area contributed by atoms with Crippen LogP contribution in [0.4, 0.5) is 17.1 Å². The van der Waals surface area contributed by atoms with Crippen molar-refractivity contribution in [2.24, 2.45) is 10.2 Å². The quantitative estimate of drug-likeness (QED) is 0.0670. The van der Waals surface area contributed by atoms with Crippen LogP contribution in [-0.2, 0) is 35.1 Å².